The van der Waals surface area contributed by atoms with Crippen molar-refractivity contribution in [1.82, 2.24) is 0 Å². The Balaban J connectivity index is 2.26. The summed E-state index contributed by atoms with van der Waals surface area (Å²) in [5.74, 6) is 0.397. The molecule has 94 valence electrons. The summed E-state index contributed by atoms with van der Waals surface area (Å²) < 4.78 is 5.47. The molecule has 0 saturated heterocycles. The molecule has 0 amide bonds. The van der Waals surface area contributed by atoms with Gasteiger partial charge in [0.25, 0.3) is 0 Å². The second-order valence-corrected chi connectivity index (χ2v) is 6.60. The first-order chi connectivity index (χ1) is 7.92. The summed E-state index contributed by atoms with van der Waals surface area (Å²) in [6, 6.07) is 0. The highest BCUT2D eigenvalue weighted by Gasteiger charge is 2.30. The van der Waals surface area contributed by atoms with Gasteiger partial charge in [-0.1, -0.05) is 6.92 Å². The number of hydrogen-bond acceptors (Lipinski definition) is 3. The number of thiophene rings is 1. The Morgan fingerprint density at radius 2 is 2.24 bits per heavy atom. The molecule has 0 radical (unpaired) electrons. The van der Waals surface area contributed by atoms with Crippen LogP contribution in [0.1, 0.15) is 67.3 Å². The predicted molar refractivity (Wildman–Crippen MR) is 70.8 cm³/mol. The summed E-state index contributed by atoms with van der Waals surface area (Å²) >= 11 is 1.71. The molecule has 0 saturated carbocycles. The number of carbonyl (C=O) groups excluding carboxylic acids is 1. The van der Waals surface area contributed by atoms with E-state index in [0.717, 1.165) is 18.4 Å². The van der Waals surface area contributed by atoms with Gasteiger partial charge in [0.1, 0.15) is 5.60 Å². The normalized spacial score (nSPS) is 19.2. The molecule has 1 aliphatic carbocycles. The van der Waals surface area contributed by atoms with Crippen molar-refractivity contribution >= 4 is 17.3 Å². The van der Waals surface area contributed by atoms with Crippen molar-refractivity contribution in [3.8, 4) is 0 Å². The lowest BCUT2D eigenvalue weighted by molar-refractivity contribution is 0.00686. The van der Waals surface area contributed by atoms with E-state index in [4.69, 9.17) is 4.74 Å². The molecule has 0 bridgehead atoms. The average Bonchev–Trinajstić information content (AvgIpc) is 2.73. The van der Waals surface area contributed by atoms with Crippen LogP contribution in [0.15, 0.2) is 5.38 Å². The van der Waals surface area contributed by atoms with Gasteiger partial charge in [-0.25, -0.2) is 4.79 Å². The minimum atomic E-state index is -0.410. The van der Waals surface area contributed by atoms with Gasteiger partial charge in [-0.3, -0.25) is 0 Å². The summed E-state index contributed by atoms with van der Waals surface area (Å²) in [6.07, 6.45) is 3.43. The van der Waals surface area contributed by atoms with E-state index >= 15 is 0 Å². The van der Waals surface area contributed by atoms with E-state index < -0.39 is 5.60 Å². The molecule has 1 atom stereocenters. The molecule has 1 aromatic rings. The second-order valence-electron chi connectivity index (χ2n) is 5.63. The molecule has 1 aliphatic rings. The standard InChI is InChI=1S/C14H20O2S/c1-5-9-6-7-11-12(9)10(8-17-11)13(15)16-14(2,3)4/h8-9H,5-7H2,1-4H3. The van der Waals surface area contributed by atoms with Crippen LogP contribution in [0.25, 0.3) is 0 Å². The quantitative estimate of drug-likeness (QED) is 0.739. The predicted octanol–water partition coefficient (Wildman–Crippen LogP) is 4.14. The maximum atomic E-state index is 12.1. The van der Waals surface area contributed by atoms with Crippen LogP contribution in [-0.2, 0) is 11.2 Å². The third-order valence-electron chi connectivity index (χ3n) is 3.15. The molecule has 0 aliphatic heterocycles. The third kappa shape index (κ3) is 2.54. The van der Waals surface area contributed by atoms with E-state index in [1.54, 1.807) is 11.3 Å². The van der Waals surface area contributed by atoms with Gasteiger partial charge in [0.05, 0.1) is 5.56 Å². The first-order valence-electron chi connectivity index (χ1n) is 6.26. The van der Waals surface area contributed by atoms with Gasteiger partial charge < -0.3 is 4.74 Å². The number of fused-ring (bicyclic) bond motifs is 1. The Bertz CT molecular complexity index is 426. The fourth-order valence-electron chi connectivity index (χ4n) is 2.40. The Labute approximate surface area is 107 Å². The van der Waals surface area contributed by atoms with Crippen LogP contribution in [-0.4, -0.2) is 11.6 Å². The van der Waals surface area contributed by atoms with Gasteiger partial charge in [-0.2, -0.15) is 0 Å². The number of aryl methyl sites for hydroxylation is 1. The lowest BCUT2D eigenvalue weighted by Crippen LogP contribution is -2.24. The van der Waals surface area contributed by atoms with E-state index in [1.807, 2.05) is 26.2 Å². The van der Waals surface area contributed by atoms with Gasteiger partial charge in [0.2, 0.25) is 0 Å². The van der Waals surface area contributed by atoms with Crippen LogP contribution in [0.3, 0.4) is 0 Å². The third-order valence-corrected chi connectivity index (χ3v) is 4.21. The molecular formula is C14H20O2S. The molecular weight excluding hydrogens is 232 g/mol. The van der Waals surface area contributed by atoms with Crippen molar-refractivity contribution in [3.05, 3.63) is 21.4 Å². The van der Waals surface area contributed by atoms with Crippen LogP contribution in [0.2, 0.25) is 0 Å². The van der Waals surface area contributed by atoms with Gasteiger partial charge in [0, 0.05) is 10.3 Å². The van der Waals surface area contributed by atoms with Crippen molar-refractivity contribution in [2.24, 2.45) is 0 Å². The molecule has 2 rings (SSSR count). The zero-order chi connectivity index (χ0) is 12.6. The van der Waals surface area contributed by atoms with E-state index in [1.165, 1.54) is 16.9 Å². The van der Waals surface area contributed by atoms with Crippen LogP contribution < -0.4 is 0 Å². The second kappa shape index (κ2) is 4.45. The average molecular weight is 252 g/mol. The fraction of sp³-hybridized carbons (Fsp3) is 0.643. The van der Waals surface area contributed by atoms with Gasteiger partial charge >= 0.3 is 5.97 Å². The van der Waals surface area contributed by atoms with Crippen LogP contribution in [0.4, 0.5) is 0 Å². The molecule has 0 N–H and O–H groups in total. The Kier molecular flexibility index (Phi) is 3.30. The van der Waals surface area contributed by atoms with Crippen molar-refractivity contribution in [3.63, 3.8) is 0 Å². The number of carbonyl (C=O) groups is 1. The van der Waals surface area contributed by atoms with E-state index in [-0.39, 0.29) is 5.97 Å². The Morgan fingerprint density at radius 3 is 2.82 bits per heavy atom. The lowest BCUT2D eigenvalue weighted by Gasteiger charge is -2.20. The van der Waals surface area contributed by atoms with Gasteiger partial charge in [-0.15, -0.1) is 11.3 Å². The molecule has 1 aromatic heterocycles. The minimum Gasteiger partial charge on any atom is -0.456 e. The SMILES string of the molecule is CCC1CCc2scc(C(=O)OC(C)(C)C)c21. The van der Waals surface area contributed by atoms with Crippen molar-refractivity contribution in [2.75, 3.05) is 0 Å². The minimum absolute atomic E-state index is 0.157. The van der Waals surface area contributed by atoms with Gasteiger partial charge in [0.15, 0.2) is 0 Å². The number of hydrogen-bond donors (Lipinski definition) is 0. The lowest BCUT2D eigenvalue weighted by atomic mass is 9.97. The number of rotatable bonds is 2. The molecule has 2 nitrogen and oxygen atoms in total. The summed E-state index contributed by atoms with van der Waals surface area (Å²) in [6.45, 7) is 7.93. The zero-order valence-electron chi connectivity index (χ0n) is 11.0. The largest absolute Gasteiger partial charge is 0.456 e. The fourth-order valence-corrected chi connectivity index (χ4v) is 3.52. The summed E-state index contributed by atoms with van der Waals surface area (Å²) in [5.41, 5.74) is 1.67. The highest BCUT2D eigenvalue weighted by molar-refractivity contribution is 7.10. The van der Waals surface area contributed by atoms with Crippen molar-refractivity contribution in [2.45, 2.75) is 58.5 Å². The van der Waals surface area contributed by atoms with Gasteiger partial charge in [-0.05, 0) is 51.5 Å². The van der Waals surface area contributed by atoms with Crippen LogP contribution in [0.5, 0.6) is 0 Å². The topological polar surface area (TPSA) is 26.3 Å². The first-order valence-corrected chi connectivity index (χ1v) is 7.14. The monoisotopic (exact) mass is 252 g/mol. The van der Waals surface area contributed by atoms with Crippen molar-refractivity contribution in [1.29, 1.82) is 0 Å². The molecule has 3 heteroatoms. The molecule has 1 heterocycles. The van der Waals surface area contributed by atoms with E-state index in [9.17, 15) is 4.79 Å². The molecule has 1 unspecified atom stereocenters. The first kappa shape index (κ1) is 12.6. The smallest absolute Gasteiger partial charge is 0.339 e. The maximum Gasteiger partial charge on any atom is 0.339 e. The zero-order valence-corrected chi connectivity index (χ0v) is 11.8. The van der Waals surface area contributed by atoms with Crippen molar-refractivity contribution < 1.29 is 9.53 Å². The summed E-state index contributed by atoms with van der Waals surface area (Å²) in [5, 5.41) is 1.97. The Hall–Kier alpha value is -0.830. The maximum absolute atomic E-state index is 12.1. The van der Waals surface area contributed by atoms with E-state index in [2.05, 4.69) is 6.92 Å². The highest BCUT2D eigenvalue weighted by atomic mass is 32.1. The number of ether oxygens (including phenoxy) is 1. The Morgan fingerprint density at radius 1 is 1.53 bits per heavy atom. The van der Waals surface area contributed by atoms with Crippen LogP contribution >= 0.6 is 11.3 Å². The molecule has 17 heavy (non-hydrogen) atoms. The number of esters is 1. The van der Waals surface area contributed by atoms with E-state index in [0.29, 0.717) is 5.92 Å². The molecule has 0 fully saturated rings. The van der Waals surface area contributed by atoms with Crippen LogP contribution in [0, 0.1) is 0 Å². The molecule has 0 spiro atoms. The summed E-state index contributed by atoms with van der Waals surface area (Å²) in [4.78, 5) is 13.5. The molecule has 0 aromatic carbocycles. The highest BCUT2D eigenvalue weighted by Crippen LogP contribution is 2.41. The summed E-state index contributed by atoms with van der Waals surface area (Å²) in [7, 11) is 0.